The molecular weight excluding hydrogens is 322 g/mol. The fraction of sp³-hybridized carbons (Fsp3) is 0.591. The first-order valence-corrected chi connectivity index (χ1v) is 9.84. The lowest BCUT2D eigenvalue weighted by molar-refractivity contribution is 0.139. The zero-order valence-electron chi connectivity index (χ0n) is 16.6. The van der Waals surface area contributed by atoms with Crippen molar-refractivity contribution >= 4 is 12.1 Å². The predicted molar refractivity (Wildman–Crippen MR) is 108 cm³/mol. The number of urea groups is 1. The lowest BCUT2D eigenvalue weighted by Crippen LogP contribution is -2.63. The molecule has 0 aliphatic carbocycles. The molecule has 0 spiro atoms. The van der Waals surface area contributed by atoms with Crippen LogP contribution in [0, 0.1) is 0 Å². The highest BCUT2D eigenvalue weighted by Gasteiger charge is 2.39. The molecule has 2 aliphatic rings. The number of benzene rings is 1. The van der Waals surface area contributed by atoms with Crippen LogP contribution in [0.15, 0.2) is 36.4 Å². The molecule has 1 aromatic rings. The Balaban J connectivity index is 1.62. The van der Waals surface area contributed by atoms with Crippen LogP contribution >= 0.6 is 0 Å². The average molecular weight is 356 g/mol. The van der Waals surface area contributed by atoms with Crippen LogP contribution in [-0.2, 0) is 0 Å². The van der Waals surface area contributed by atoms with Crippen LogP contribution in [0.2, 0.25) is 0 Å². The number of amides is 2. The summed E-state index contributed by atoms with van der Waals surface area (Å²) in [5, 5.41) is 6.99. The van der Waals surface area contributed by atoms with E-state index in [1.54, 1.807) is 0 Å². The number of nitrogens with zero attached hydrogens (tertiary/aromatic N) is 1. The molecule has 0 bridgehead atoms. The highest BCUT2D eigenvalue weighted by atomic mass is 16.2. The van der Waals surface area contributed by atoms with Crippen LogP contribution in [0.4, 0.5) is 4.79 Å². The molecule has 0 radical (unpaired) electrons. The molecule has 2 fully saturated rings. The van der Waals surface area contributed by atoms with Gasteiger partial charge in [-0.3, -0.25) is 0 Å². The van der Waals surface area contributed by atoms with Crippen LogP contribution in [0.3, 0.4) is 0 Å². The van der Waals surface area contributed by atoms with E-state index in [0.29, 0.717) is 0 Å². The van der Waals surface area contributed by atoms with Crippen molar-refractivity contribution in [3.63, 3.8) is 0 Å². The standard InChI is InChI=1S/C22H33N3O/c1-21(2)15-18(16-22(3,4)24-21)23-20(26)25-14-8-11-19(25)13-12-17-9-6-5-7-10-17/h5-7,9-10,12-13,18-19,24H,8,11,14-16H2,1-4H3,(H,23,26)/b13-12+. The van der Waals surface area contributed by atoms with Crippen LogP contribution < -0.4 is 10.6 Å². The fourth-order valence-corrected chi connectivity index (χ4v) is 4.71. The van der Waals surface area contributed by atoms with Gasteiger partial charge < -0.3 is 15.5 Å². The molecule has 2 N–H and O–H groups in total. The monoisotopic (exact) mass is 355 g/mol. The van der Waals surface area contributed by atoms with E-state index in [1.807, 2.05) is 23.1 Å². The van der Waals surface area contributed by atoms with Gasteiger partial charge in [-0.25, -0.2) is 4.79 Å². The maximum Gasteiger partial charge on any atom is 0.318 e. The maximum atomic E-state index is 12.9. The zero-order valence-corrected chi connectivity index (χ0v) is 16.6. The first-order chi connectivity index (χ1) is 12.2. The van der Waals surface area contributed by atoms with Crippen molar-refractivity contribution in [2.24, 2.45) is 0 Å². The van der Waals surface area contributed by atoms with Crippen LogP contribution in [0.5, 0.6) is 0 Å². The van der Waals surface area contributed by atoms with Gasteiger partial charge in [-0.05, 0) is 58.9 Å². The number of hydrogen-bond donors (Lipinski definition) is 2. The molecule has 0 saturated carbocycles. The number of piperidine rings is 1. The first kappa shape index (κ1) is 19.0. The van der Waals surface area contributed by atoms with E-state index in [2.05, 4.69) is 62.6 Å². The molecule has 1 atom stereocenters. The molecular formula is C22H33N3O. The third kappa shape index (κ3) is 4.88. The van der Waals surface area contributed by atoms with E-state index < -0.39 is 0 Å². The minimum atomic E-state index is 0.0390. The third-order valence-corrected chi connectivity index (χ3v) is 5.39. The van der Waals surface area contributed by atoms with Gasteiger partial charge in [0, 0.05) is 23.7 Å². The minimum absolute atomic E-state index is 0.0390. The quantitative estimate of drug-likeness (QED) is 0.854. The Morgan fingerprint density at radius 2 is 1.81 bits per heavy atom. The SMILES string of the molecule is CC1(C)CC(NC(=O)N2CCCC2/C=C/c2ccccc2)CC(C)(C)N1. The smallest absolute Gasteiger partial charge is 0.318 e. The summed E-state index contributed by atoms with van der Waals surface area (Å²) in [6.45, 7) is 9.71. The minimum Gasteiger partial charge on any atom is -0.335 e. The second kappa shape index (κ2) is 7.43. The van der Waals surface area contributed by atoms with Crippen molar-refractivity contribution in [2.45, 2.75) is 76.5 Å². The van der Waals surface area contributed by atoms with Crippen LogP contribution in [0.25, 0.3) is 6.08 Å². The predicted octanol–water partition coefficient (Wildman–Crippen LogP) is 4.18. The van der Waals surface area contributed by atoms with Crippen LogP contribution in [0.1, 0.15) is 58.9 Å². The van der Waals surface area contributed by atoms with Gasteiger partial charge in [-0.2, -0.15) is 0 Å². The number of hydrogen-bond acceptors (Lipinski definition) is 2. The van der Waals surface area contributed by atoms with Crippen molar-refractivity contribution in [1.29, 1.82) is 0 Å². The summed E-state index contributed by atoms with van der Waals surface area (Å²) in [7, 11) is 0. The van der Waals surface area contributed by atoms with Crippen molar-refractivity contribution < 1.29 is 4.79 Å². The van der Waals surface area contributed by atoms with Gasteiger partial charge in [0.15, 0.2) is 0 Å². The molecule has 2 amide bonds. The third-order valence-electron chi connectivity index (χ3n) is 5.39. The summed E-state index contributed by atoms with van der Waals surface area (Å²) in [4.78, 5) is 14.9. The van der Waals surface area contributed by atoms with Gasteiger partial charge in [0.05, 0.1) is 6.04 Å². The van der Waals surface area contributed by atoms with E-state index in [9.17, 15) is 4.79 Å². The Labute approximate surface area is 158 Å². The Morgan fingerprint density at radius 3 is 2.46 bits per heavy atom. The Bertz CT molecular complexity index is 635. The molecule has 3 rings (SSSR count). The largest absolute Gasteiger partial charge is 0.335 e. The molecule has 1 unspecified atom stereocenters. The zero-order chi connectivity index (χ0) is 18.8. The Hall–Kier alpha value is -1.81. The van der Waals surface area contributed by atoms with E-state index in [1.165, 1.54) is 5.56 Å². The molecule has 1 aromatic carbocycles. The second-order valence-electron chi connectivity index (χ2n) is 9.12. The second-order valence-corrected chi connectivity index (χ2v) is 9.12. The summed E-state index contributed by atoms with van der Waals surface area (Å²) in [6, 6.07) is 10.8. The van der Waals surface area contributed by atoms with Gasteiger partial charge >= 0.3 is 6.03 Å². The number of nitrogens with one attached hydrogen (secondary N) is 2. The molecule has 2 aliphatic heterocycles. The summed E-state index contributed by atoms with van der Waals surface area (Å²) in [5.74, 6) is 0. The molecule has 4 nitrogen and oxygen atoms in total. The van der Waals surface area contributed by atoms with Gasteiger partial charge in [0.25, 0.3) is 0 Å². The summed E-state index contributed by atoms with van der Waals surface area (Å²) in [6.07, 6.45) is 8.34. The molecule has 0 aromatic heterocycles. The fourth-order valence-electron chi connectivity index (χ4n) is 4.71. The highest BCUT2D eigenvalue weighted by Crippen LogP contribution is 2.29. The van der Waals surface area contributed by atoms with E-state index >= 15 is 0 Å². The van der Waals surface area contributed by atoms with Gasteiger partial charge in [0.1, 0.15) is 0 Å². The normalized spacial score (nSPS) is 25.5. The number of carbonyl (C=O) groups excluding carboxylic acids is 1. The van der Waals surface area contributed by atoms with Crippen molar-refractivity contribution in [2.75, 3.05) is 6.54 Å². The number of likely N-dealkylation sites (tertiary alicyclic amines) is 1. The number of rotatable bonds is 3. The van der Waals surface area contributed by atoms with Crippen molar-refractivity contribution in [3.8, 4) is 0 Å². The molecule has 2 heterocycles. The van der Waals surface area contributed by atoms with Gasteiger partial charge in [-0.15, -0.1) is 0 Å². The lowest BCUT2D eigenvalue weighted by atomic mass is 9.79. The molecule has 4 heteroatoms. The Morgan fingerprint density at radius 1 is 1.15 bits per heavy atom. The Kier molecular flexibility index (Phi) is 5.42. The van der Waals surface area contributed by atoms with Crippen molar-refractivity contribution in [1.82, 2.24) is 15.5 Å². The van der Waals surface area contributed by atoms with Crippen LogP contribution in [-0.4, -0.2) is 40.6 Å². The van der Waals surface area contributed by atoms with E-state index in [-0.39, 0.29) is 29.2 Å². The van der Waals surface area contributed by atoms with E-state index in [4.69, 9.17) is 0 Å². The summed E-state index contributed by atoms with van der Waals surface area (Å²) >= 11 is 0. The highest BCUT2D eigenvalue weighted by molar-refractivity contribution is 5.75. The topological polar surface area (TPSA) is 44.4 Å². The summed E-state index contributed by atoms with van der Waals surface area (Å²) < 4.78 is 0. The lowest BCUT2D eigenvalue weighted by Gasteiger charge is -2.47. The maximum absolute atomic E-state index is 12.9. The molecule has 2 saturated heterocycles. The van der Waals surface area contributed by atoms with E-state index in [0.717, 1.165) is 32.2 Å². The van der Waals surface area contributed by atoms with Gasteiger partial charge in [0.2, 0.25) is 0 Å². The molecule has 142 valence electrons. The molecule has 26 heavy (non-hydrogen) atoms. The van der Waals surface area contributed by atoms with Gasteiger partial charge in [-0.1, -0.05) is 42.5 Å². The number of carbonyl (C=O) groups is 1. The first-order valence-electron chi connectivity index (χ1n) is 9.84. The van der Waals surface area contributed by atoms with Crippen molar-refractivity contribution in [3.05, 3.63) is 42.0 Å². The average Bonchev–Trinajstić information content (AvgIpc) is 2.99. The summed E-state index contributed by atoms with van der Waals surface area (Å²) in [5.41, 5.74) is 1.26.